The Morgan fingerprint density at radius 2 is 1.96 bits per heavy atom. The molecule has 3 amide bonds. The van der Waals surface area contributed by atoms with Crippen LogP contribution in [0.15, 0.2) is 18.2 Å². The van der Waals surface area contributed by atoms with E-state index in [0.717, 1.165) is 25.7 Å². The van der Waals surface area contributed by atoms with Gasteiger partial charge in [-0.1, -0.05) is 24.4 Å². The fourth-order valence-corrected chi connectivity index (χ4v) is 2.56. The van der Waals surface area contributed by atoms with Crippen molar-refractivity contribution >= 4 is 35.2 Å². The number of benzene rings is 1. The molecule has 1 aromatic rings. The van der Waals surface area contributed by atoms with Crippen LogP contribution in [0, 0.1) is 0 Å². The van der Waals surface area contributed by atoms with Crippen molar-refractivity contribution in [3.05, 3.63) is 28.8 Å². The fourth-order valence-electron chi connectivity index (χ4n) is 2.38. The number of halogens is 1. The lowest BCUT2D eigenvalue weighted by Crippen LogP contribution is -2.45. The maximum absolute atomic E-state index is 11.8. The van der Waals surface area contributed by atoms with E-state index >= 15 is 0 Å². The van der Waals surface area contributed by atoms with E-state index in [-0.39, 0.29) is 17.3 Å². The van der Waals surface area contributed by atoms with E-state index in [0.29, 0.717) is 5.02 Å². The van der Waals surface area contributed by atoms with Gasteiger partial charge in [0, 0.05) is 16.8 Å². The molecule has 1 fully saturated rings. The van der Waals surface area contributed by atoms with Crippen molar-refractivity contribution in [3.63, 3.8) is 0 Å². The lowest BCUT2D eigenvalue weighted by molar-refractivity contribution is -0.123. The van der Waals surface area contributed by atoms with Crippen LogP contribution >= 0.6 is 11.6 Å². The SMILES string of the molecule is Nc1cc(Cl)ccc1C(=O)OCC(=O)NC(=O)NC1CCCC1. The molecule has 1 saturated carbocycles. The quantitative estimate of drug-likeness (QED) is 0.572. The maximum Gasteiger partial charge on any atom is 0.340 e. The molecule has 1 aliphatic rings. The number of ether oxygens (including phenoxy) is 1. The number of nitrogens with one attached hydrogen (secondary N) is 2. The van der Waals surface area contributed by atoms with Crippen LogP contribution in [0.2, 0.25) is 5.02 Å². The van der Waals surface area contributed by atoms with Crippen molar-refractivity contribution in [2.75, 3.05) is 12.3 Å². The van der Waals surface area contributed by atoms with Crippen LogP contribution in [0.3, 0.4) is 0 Å². The second-order valence-electron chi connectivity index (χ2n) is 5.31. The number of hydrogen-bond donors (Lipinski definition) is 3. The summed E-state index contributed by atoms with van der Waals surface area (Å²) in [6, 6.07) is 3.82. The Balaban J connectivity index is 1.77. The van der Waals surface area contributed by atoms with Gasteiger partial charge in [-0.15, -0.1) is 0 Å². The van der Waals surface area contributed by atoms with E-state index in [2.05, 4.69) is 10.6 Å². The van der Waals surface area contributed by atoms with Gasteiger partial charge in [0.2, 0.25) is 0 Å². The van der Waals surface area contributed by atoms with Crippen LogP contribution in [0.5, 0.6) is 0 Å². The van der Waals surface area contributed by atoms with Crippen molar-refractivity contribution in [2.24, 2.45) is 0 Å². The van der Waals surface area contributed by atoms with Crippen LogP contribution < -0.4 is 16.4 Å². The van der Waals surface area contributed by atoms with E-state index in [1.54, 1.807) is 0 Å². The third kappa shape index (κ3) is 5.14. The van der Waals surface area contributed by atoms with Crippen LogP contribution in [-0.2, 0) is 9.53 Å². The molecule has 23 heavy (non-hydrogen) atoms. The van der Waals surface area contributed by atoms with Gasteiger partial charge < -0.3 is 15.8 Å². The Labute approximate surface area is 138 Å². The molecule has 1 aliphatic carbocycles. The number of hydrogen-bond acceptors (Lipinski definition) is 5. The number of carbonyl (C=O) groups excluding carboxylic acids is 3. The Bertz CT molecular complexity index is 615. The first-order chi connectivity index (χ1) is 11.0. The van der Waals surface area contributed by atoms with Gasteiger partial charge in [-0.05, 0) is 31.0 Å². The molecule has 2 rings (SSSR count). The minimum atomic E-state index is -0.759. The summed E-state index contributed by atoms with van der Waals surface area (Å²) >= 11 is 5.74. The van der Waals surface area contributed by atoms with Crippen LogP contribution in [0.25, 0.3) is 0 Å². The molecule has 124 valence electrons. The number of nitrogens with two attached hydrogens (primary N) is 1. The van der Waals surface area contributed by atoms with Gasteiger partial charge in [-0.3, -0.25) is 10.1 Å². The zero-order valence-corrected chi connectivity index (χ0v) is 13.2. The highest BCUT2D eigenvalue weighted by molar-refractivity contribution is 6.31. The molecule has 0 aliphatic heterocycles. The van der Waals surface area contributed by atoms with Gasteiger partial charge in [-0.2, -0.15) is 0 Å². The van der Waals surface area contributed by atoms with Crippen LogP contribution in [0.4, 0.5) is 10.5 Å². The number of anilines is 1. The molecule has 7 nitrogen and oxygen atoms in total. The monoisotopic (exact) mass is 339 g/mol. The zero-order valence-electron chi connectivity index (χ0n) is 12.4. The Morgan fingerprint density at radius 3 is 2.61 bits per heavy atom. The topological polar surface area (TPSA) is 111 Å². The van der Waals surface area contributed by atoms with Gasteiger partial charge in [0.05, 0.1) is 5.56 Å². The third-order valence-electron chi connectivity index (χ3n) is 3.51. The standard InChI is InChI=1S/C15H18ClN3O4/c16-9-5-6-11(12(17)7-9)14(21)23-8-13(20)19-15(22)18-10-3-1-2-4-10/h5-7,10H,1-4,8,17H2,(H2,18,19,20,22). The highest BCUT2D eigenvalue weighted by Gasteiger charge is 2.19. The molecule has 0 unspecified atom stereocenters. The highest BCUT2D eigenvalue weighted by atomic mass is 35.5. The van der Waals surface area contributed by atoms with Crippen LogP contribution in [-0.4, -0.2) is 30.6 Å². The van der Waals surface area contributed by atoms with E-state index in [1.165, 1.54) is 18.2 Å². The maximum atomic E-state index is 11.8. The predicted molar refractivity (Wildman–Crippen MR) is 85.1 cm³/mol. The molecule has 8 heteroatoms. The summed E-state index contributed by atoms with van der Waals surface area (Å²) in [6.07, 6.45) is 3.96. The molecular formula is C15H18ClN3O4. The first-order valence-electron chi connectivity index (χ1n) is 7.28. The number of imide groups is 1. The number of rotatable bonds is 4. The van der Waals surface area contributed by atoms with Crippen molar-refractivity contribution in [1.29, 1.82) is 0 Å². The van der Waals surface area contributed by atoms with Gasteiger partial charge in [-0.25, -0.2) is 9.59 Å². The summed E-state index contributed by atoms with van der Waals surface area (Å²) in [4.78, 5) is 35.0. The smallest absolute Gasteiger partial charge is 0.340 e. The molecule has 0 heterocycles. The summed E-state index contributed by atoms with van der Waals surface area (Å²) in [5.41, 5.74) is 5.91. The average molecular weight is 340 g/mol. The van der Waals surface area contributed by atoms with Crippen molar-refractivity contribution in [2.45, 2.75) is 31.7 Å². The van der Waals surface area contributed by atoms with Gasteiger partial charge >= 0.3 is 12.0 Å². The van der Waals surface area contributed by atoms with E-state index in [9.17, 15) is 14.4 Å². The van der Waals surface area contributed by atoms with E-state index in [1.807, 2.05) is 0 Å². The Hall–Kier alpha value is -2.28. The second kappa shape index (κ2) is 7.82. The lowest BCUT2D eigenvalue weighted by atomic mass is 10.2. The molecule has 4 N–H and O–H groups in total. The average Bonchev–Trinajstić information content (AvgIpc) is 2.97. The minimum Gasteiger partial charge on any atom is -0.452 e. The fraction of sp³-hybridized carbons (Fsp3) is 0.400. The molecule has 0 atom stereocenters. The molecule has 0 radical (unpaired) electrons. The summed E-state index contributed by atoms with van der Waals surface area (Å²) in [5.74, 6) is -1.47. The first-order valence-corrected chi connectivity index (χ1v) is 7.66. The van der Waals surface area contributed by atoms with Crippen LogP contribution in [0.1, 0.15) is 36.0 Å². The number of carbonyl (C=O) groups is 3. The lowest BCUT2D eigenvalue weighted by Gasteiger charge is -2.12. The highest BCUT2D eigenvalue weighted by Crippen LogP contribution is 2.19. The molecule has 0 aromatic heterocycles. The van der Waals surface area contributed by atoms with E-state index < -0.39 is 24.5 Å². The molecule has 0 saturated heterocycles. The molecule has 0 spiro atoms. The summed E-state index contributed by atoms with van der Waals surface area (Å²) in [7, 11) is 0. The predicted octanol–water partition coefficient (Wildman–Crippen LogP) is 1.85. The van der Waals surface area contributed by atoms with E-state index in [4.69, 9.17) is 22.1 Å². The Kier molecular flexibility index (Phi) is 5.81. The van der Waals surface area contributed by atoms with Crippen molar-refractivity contribution in [1.82, 2.24) is 10.6 Å². The van der Waals surface area contributed by atoms with Gasteiger partial charge in [0.1, 0.15) is 0 Å². The summed E-state index contributed by atoms with van der Waals surface area (Å²) in [5, 5.41) is 5.21. The van der Waals surface area contributed by atoms with Gasteiger partial charge in [0.25, 0.3) is 5.91 Å². The van der Waals surface area contributed by atoms with Gasteiger partial charge in [0.15, 0.2) is 6.61 Å². The Morgan fingerprint density at radius 1 is 1.26 bits per heavy atom. The zero-order chi connectivity index (χ0) is 16.8. The summed E-state index contributed by atoms with van der Waals surface area (Å²) < 4.78 is 4.83. The van der Waals surface area contributed by atoms with Crippen molar-refractivity contribution in [3.8, 4) is 0 Å². The molecular weight excluding hydrogens is 322 g/mol. The summed E-state index contributed by atoms with van der Waals surface area (Å²) in [6.45, 7) is -0.570. The number of nitrogen functional groups attached to an aromatic ring is 1. The minimum absolute atomic E-state index is 0.0965. The first kappa shape index (κ1) is 17.1. The number of amides is 3. The third-order valence-corrected chi connectivity index (χ3v) is 3.75. The largest absolute Gasteiger partial charge is 0.452 e. The normalized spacial score (nSPS) is 14.3. The second-order valence-corrected chi connectivity index (χ2v) is 5.75. The molecule has 0 bridgehead atoms. The molecule has 1 aromatic carbocycles. The number of esters is 1. The number of urea groups is 1. The van der Waals surface area contributed by atoms with Crippen molar-refractivity contribution < 1.29 is 19.1 Å².